The number of benzene rings is 1. The molecule has 2 heterocycles. The third kappa shape index (κ3) is 3.44. The average molecular weight is 374 g/mol. The van der Waals surface area contributed by atoms with Crippen molar-refractivity contribution in [2.24, 2.45) is 0 Å². The van der Waals surface area contributed by atoms with Crippen LogP contribution in [0.3, 0.4) is 0 Å². The van der Waals surface area contributed by atoms with Gasteiger partial charge in [0.1, 0.15) is 11.8 Å². The quantitative estimate of drug-likeness (QED) is 0.766. The highest BCUT2D eigenvalue weighted by Crippen LogP contribution is 2.38. The largest absolute Gasteiger partial charge is 0.482 e. The van der Waals surface area contributed by atoms with Crippen LogP contribution in [0.1, 0.15) is 30.7 Å². The molecule has 1 aliphatic heterocycles. The van der Waals surface area contributed by atoms with Crippen molar-refractivity contribution in [3.63, 3.8) is 0 Å². The summed E-state index contributed by atoms with van der Waals surface area (Å²) in [6.07, 6.45) is -0.243. The number of nitrogens with zero attached hydrogens (tertiary/aromatic N) is 2. The van der Waals surface area contributed by atoms with E-state index in [4.69, 9.17) is 9.47 Å². The number of carbonyl (C=O) groups is 2. The van der Waals surface area contributed by atoms with Gasteiger partial charge in [-0.1, -0.05) is 0 Å². The number of rotatable bonds is 4. The normalized spacial score (nSPS) is 14.8. The molecule has 2 aromatic rings. The fourth-order valence-electron chi connectivity index (χ4n) is 2.98. The van der Waals surface area contributed by atoms with E-state index in [1.807, 2.05) is 32.0 Å². The summed E-state index contributed by atoms with van der Waals surface area (Å²) < 4.78 is 10.8. The second kappa shape index (κ2) is 7.07. The summed E-state index contributed by atoms with van der Waals surface area (Å²) in [5.74, 6) is -0.136. The monoisotopic (exact) mass is 374 g/mol. The van der Waals surface area contributed by atoms with E-state index in [-0.39, 0.29) is 18.6 Å². The molecule has 0 spiro atoms. The molecule has 1 unspecified atom stereocenters. The van der Waals surface area contributed by atoms with E-state index in [1.54, 1.807) is 32.1 Å². The standard InChI is InChI=1S/C19H22N2O4S/c1-10(2)25-19(23)11(3)21-15-8-14(18-12(4)26-13(5)20-18)6-7-16(15)24-9-17(21)22/h6-8,10-11H,9H2,1-5H3. The first-order valence-corrected chi connectivity index (χ1v) is 9.33. The van der Waals surface area contributed by atoms with E-state index in [9.17, 15) is 9.59 Å². The summed E-state index contributed by atoms with van der Waals surface area (Å²) in [6.45, 7) is 9.11. The van der Waals surface area contributed by atoms with Crippen molar-refractivity contribution >= 4 is 28.9 Å². The van der Waals surface area contributed by atoms with E-state index in [2.05, 4.69) is 4.98 Å². The van der Waals surface area contributed by atoms with Crippen molar-refractivity contribution in [3.8, 4) is 17.0 Å². The Morgan fingerprint density at radius 1 is 1.31 bits per heavy atom. The molecule has 1 aromatic heterocycles. The summed E-state index contributed by atoms with van der Waals surface area (Å²) in [4.78, 5) is 32.0. The van der Waals surface area contributed by atoms with Crippen LogP contribution in [-0.4, -0.2) is 35.6 Å². The predicted octanol–water partition coefficient (Wildman–Crippen LogP) is 3.49. The van der Waals surface area contributed by atoms with Crippen LogP contribution in [0, 0.1) is 13.8 Å². The van der Waals surface area contributed by atoms with Crippen LogP contribution in [0.25, 0.3) is 11.3 Å². The zero-order chi connectivity index (χ0) is 19.0. The van der Waals surface area contributed by atoms with E-state index in [1.165, 1.54) is 4.90 Å². The van der Waals surface area contributed by atoms with E-state index in [0.717, 1.165) is 21.1 Å². The molecule has 26 heavy (non-hydrogen) atoms. The number of hydrogen-bond acceptors (Lipinski definition) is 6. The third-order valence-electron chi connectivity index (χ3n) is 4.10. The van der Waals surface area contributed by atoms with Gasteiger partial charge in [0.2, 0.25) is 0 Å². The minimum Gasteiger partial charge on any atom is -0.482 e. The van der Waals surface area contributed by atoms with Gasteiger partial charge in [0.05, 0.1) is 22.5 Å². The maximum Gasteiger partial charge on any atom is 0.329 e. The van der Waals surface area contributed by atoms with Gasteiger partial charge in [0.15, 0.2) is 6.61 Å². The molecule has 6 nitrogen and oxygen atoms in total. The van der Waals surface area contributed by atoms with Gasteiger partial charge in [-0.3, -0.25) is 9.69 Å². The minimum atomic E-state index is -0.735. The molecule has 1 atom stereocenters. The summed E-state index contributed by atoms with van der Waals surface area (Å²) in [7, 11) is 0. The molecule has 3 rings (SSSR count). The van der Waals surface area contributed by atoms with Gasteiger partial charge in [-0.25, -0.2) is 9.78 Å². The second-order valence-electron chi connectivity index (χ2n) is 6.53. The third-order valence-corrected chi connectivity index (χ3v) is 4.98. The van der Waals surface area contributed by atoms with Crippen LogP contribution >= 0.6 is 11.3 Å². The van der Waals surface area contributed by atoms with Crippen molar-refractivity contribution in [1.29, 1.82) is 0 Å². The Hall–Kier alpha value is -2.41. The van der Waals surface area contributed by atoms with Gasteiger partial charge in [0, 0.05) is 10.4 Å². The zero-order valence-corrected chi connectivity index (χ0v) is 16.3. The number of aromatic nitrogens is 1. The highest BCUT2D eigenvalue weighted by molar-refractivity contribution is 7.11. The Bertz CT molecular complexity index is 859. The number of amides is 1. The van der Waals surface area contributed by atoms with Crippen molar-refractivity contribution < 1.29 is 19.1 Å². The number of aryl methyl sites for hydroxylation is 2. The number of fused-ring (bicyclic) bond motifs is 1. The molecule has 0 saturated heterocycles. The molecular formula is C19H22N2O4S. The molecule has 1 aliphatic rings. The van der Waals surface area contributed by atoms with E-state index >= 15 is 0 Å². The highest BCUT2D eigenvalue weighted by Gasteiger charge is 2.34. The number of thiazole rings is 1. The number of ether oxygens (including phenoxy) is 2. The highest BCUT2D eigenvalue weighted by atomic mass is 32.1. The van der Waals surface area contributed by atoms with Crippen molar-refractivity contribution in [2.45, 2.75) is 46.8 Å². The van der Waals surface area contributed by atoms with E-state index in [0.29, 0.717) is 11.4 Å². The van der Waals surface area contributed by atoms with Crippen molar-refractivity contribution in [1.82, 2.24) is 4.98 Å². The number of carbonyl (C=O) groups excluding carboxylic acids is 2. The topological polar surface area (TPSA) is 68.7 Å². The Balaban J connectivity index is 2.02. The fraction of sp³-hybridized carbons (Fsp3) is 0.421. The molecule has 0 bridgehead atoms. The van der Waals surface area contributed by atoms with Gasteiger partial charge < -0.3 is 9.47 Å². The van der Waals surface area contributed by atoms with Crippen LogP contribution in [0.4, 0.5) is 5.69 Å². The lowest BCUT2D eigenvalue weighted by Gasteiger charge is -2.33. The Kier molecular flexibility index (Phi) is 5.00. The summed E-state index contributed by atoms with van der Waals surface area (Å²) >= 11 is 1.62. The SMILES string of the molecule is Cc1nc(-c2ccc3c(c2)N(C(C)C(=O)OC(C)C)C(=O)CO3)c(C)s1. The minimum absolute atomic E-state index is 0.0967. The second-order valence-corrected chi connectivity index (χ2v) is 7.94. The average Bonchev–Trinajstić information content (AvgIpc) is 2.91. The predicted molar refractivity (Wildman–Crippen MR) is 101 cm³/mol. The molecule has 0 saturated carbocycles. The first-order valence-electron chi connectivity index (χ1n) is 8.51. The Morgan fingerprint density at radius 2 is 2.04 bits per heavy atom. The molecule has 0 radical (unpaired) electrons. The molecule has 1 amide bonds. The number of hydrogen-bond donors (Lipinski definition) is 0. The molecule has 0 fully saturated rings. The maximum atomic E-state index is 12.5. The summed E-state index contributed by atoms with van der Waals surface area (Å²) in [6, 6.07) is 4.86. The zero-order valence-electron chi connectivity index (χ0n) is 15.5. The molecule has 1 aromatic carbocycles. The lowest BCUT2D eigenvalue weighted by atomic mass is 10.1. The lowest BCUT2D eigenvalue weighted by molar-refractivity contribution is -0.149. The smallest absolute Gasteiger partial charge is 0.329 e. The molecule has 7 heteroatoms. The van der Waals surface area contributed by atoms with Crippen molar-refractivity contribution in [2.75, 3.05) is 11.5 Å². The molecule has 138 valence electrons. The van der Waals surface area contributed by atoms with Crippen LogP contribution in [0.2, 0.25) is 0 Å². The van der Waals surface area contributed by atoms with Crippen LogP contribution in [0.15, 0.2) is 18.2 Å². The first kappa shape index (κ1) is 18.4. The molecular weight excluding hydrogens is 352 g/mol. The molecule has 0 aliphatic carbocycles. The first-order chi connectivity index (χ1) is 12.3. The van der Waals surface area contributed by atoms with Crippen molar-refractivity contribution in [3.05, 3.63) is 28.1 Å². The Morgan fingerprint density at radius 3 is 2.65 bits per heavy atom. The van der Waals surface area contributed by atoms with Gasteiger partial charge in [-0.2, -0.15) is 0 Å². The van der Waals surface area contributed by atoms with Crippen LogP contribution in [-0.2, 0) is 14.3 Å². The summed E-state index contributed by atoms with van der Waals surface area (Å²) in [5, 5.41) is 0.980. The van der Waals surface area contributed by atoms with Crippen LogP contribution < -0.4 is 9.64 Å². The Labute approximate surface area is 156 Å². The van der Waals surface area contributed by atoms with Gasteiger partial charge in [-0.05, 0) is 52.8 Å². The number of anilines is 1. The van der Waals surface area contributed by atoms with Gasteiger partial charge in [0.25, 0.3) is 5.91 Å². The lowest BCUT2D eigenvalue weighted by Crippen LogP contribution is -2.49. The van der Waals surface area contributed by atoms with Gasteiger partial charge >= 0.3 is 5.97 Å². The van der Waals surface area contributed by atoms with E-state index < -0.39 is 12.0 Å². The summed E-state index contributed by atoms with van der Waals surface area (Å²) in [5.41, 5.74) is 2.33. The van der Waals surface area contributed by atoms with Crippen LogP contribution in [0.5, 0.6) is 5.75 Å². The maximum absolute atomic E-state index is 12.5. The van der Waals surface area contributed by atoms with Gasteiger partial charge in [-0.15, -0.1) is 11.3 Å². The molecule has 0 N–H and O–H groups in total. The number of esters is 1. The fourth-order valence-corrected chi connectivity index (χ4v) is 3.82.